The molecule has 2 aromatic heterocycles. The Labute approximate surface area is 269 Å². The zero-order valence-corrected chi connectivity index (χ0v) is 27.0. The van der Waals surface area contributed by atoms with Gasteiger partial charge in [-0.25, -0.2) is 14.8 Å². The van der Waals surface area contributed by atoms with E-state index in [0.29, 0.717) is 5.56 Å². The SMILES string of the molecule is CC(C)(C)OC(=O)c1ccc2nc(CN3CC=C(c4cccc(N5CCc6cc(Cl)ccc6C5)n4)CC3)n(C[C@H]3CCO3)c2c1. The van der Waals surface area contributed by atoms with Gasteiger partial charge >= 0.3 is 5.97 Å². The molecule has 0 spiro atoms. The predicted octanol–water partition coefficient (Wildman–Crippen LogP) is 6.68. The van der Waals surface area contributed by atoms with Gasteiger partial charge in [0.15, 0.2) is 0 Å². The third-order valence-electron chi connectivity index (χ3n) is 8.87. The number of ether oxygens (including phenoxy) is 2. The van der Waals surface area contributed by atoms with Crippen LogP contribution in [-0.2, 0) is 35.5 Å². The van der Waals surface area contributed by atoms with Crippen LogP contribution in [-0.4, -0.2) is 63.4 Å². The van der Waals surface area contributed by atoms with E-state index in [1.54, 1.807) is 0 Å². The van der Waals surface area contributed by atoms with Crippen molar-refractivity contribution < 1.29 is 14.3 Å². The van der Waals surface area contributed by atoms with Crippen molar-refractivity contribution in [2.45, 2.75) is 71.4 Å². The van der Waals surface area contributed by atoms with Crippen LogP contribution in [0.1, 0.15) is 66.6 Å². The highest BCUT2D eigenvalue weighted by Gasteiger charge is 2.25. The summed E-state index contributed by atoms with van der Waals surface area (Å²) in [5.41, 5.74) is 6.82. The lowest BCUT2D eigenvalue weighted by molar-refractivity contribution is -0.0591. The van der Waals surface area contributed by atoms with Crippen molar-refractivity contribution >= 4 is 40.0 Å². The molecule has 0 bridgehead atoms. The average molecular weight is 626 g/mol. The van der Waals surface area contributed by atoms with Crippen molar-refractivity contribution in [3.8, 4) is 0 Å². The molecule has 45 heavy (non-hydrogen) atoms. The lowest BCUT2D eigenvalue weighted by Gasteiger charge is -2.31. The highest BCUT2D eigenvalue weighted by Crippen LogP contribution is 2.29. The quantitative estimate of drug-likeness (QED) is 0.212. The van der Waals surface area contributed by atoms with Crippen LogP contribution < -0.4 is 4.90 Å². The molecule has 1 saturated heterocycles. The first-order chi connectivity index (χ1) is 21.7. The van der Waals surface area contributed by atoms with Gasteiger partial charge in [-0.15, -0.1) is 0 Å². The highest BCUT2D eigenvalue weighted by molar-refractivity contribution is 6.30. The number of anilines is 1. The summed E-state index contributed by atoms with van der Waals surface area (Å²) in [6.07, 6.45) is 5.41. The molecule has 0 aliphatic carbocycles. The van der Waals surface area contributed by atoms with Gasteiger partial charge in [-0.3, -0.25) is 4.90 Å². The van der Waals surface area contributed by atoms with Crippen molar-refractivity contribution in [2.75, 3.05) is 31.1 Å². The molecule has 234 valence electrons. The number of aromatic nitrogens is 3. The van der Waals surface area contributed by atoms with E-state index in [2.05, 4.69) is 50.8 Å². The number of rotatable bonds is 7. The zero-order chi connectivity index (χ0) is 31.1. The molecule has 0 amide bonds. The summed E-state index contributed by atoms with van der Waals surface area (Å²) < 4.78 is 13.7. The standard InChI is InChI=1S/C36H40ClN5O3/c1-36(2,3)45-35(43)26-8-10-31-32(20-26)42(22-29-14-18-44-29)34(39-31)23-40-15-11-24(12-16-40)30-5-4-6-33(38-30)41-17-13-25-19-28(37)9-7-27(25)21-41/h4-11,19-20,29H,12-18,21-23H2,1-3H3/t29-/m1/s1. The van der Waals surface area contributed by atoms with Gasteiger partial charge in [0, 0.05) is 37.8 Å². The molecule has 1 fully saturated rings. The summed E-state index contributed by atoms with van der Waals surface area (Å²) in [6, 6.07) is 18.2. The van der Waals surface area contributed by atoms with Gasteiger partial charge in [0.1, 0.15) is 17.2 Å². The zero-order valence-electron chi connectivity index (χ0n) is 26.3. The molecule has 0 N–H and O–H groups in total. The maximum atomic E-state index is 12.8. The molecule has 3 aliphatic rings. The molecular formula is C36H40ClN5O3. The van der Waals surface area contributed by atoms with Gasteiger partial charge in [0.05, 0.1) is 41.5 Å². The van der Waals surface area contributed by atoms with Crippen LogP contribution in [0.2, 0.25) is 5.02 Å². The predicted molar refractivity (Wildman–Crippen MR) is 178 cm³/mol. The molecule has 3 aliphatic heterocycles. The van der Waals surface area contributed by atoms with Crippen LogP contribution in [0.15, 0.2) is 60.7 Å². The van der Waals surface area contributed by atoms with Crippen molar-refractivity contribution in [3.05, 3.63) is 93.9 Å². The average Bonchev–Trinajstić information content (AvgIpc) is 3.34. The van der Waals surface area contributed by atoms with E-state index in [9.17, 15) is 4.79 Å². The van der Waals surface area contributed by atoms with Crippen molar-refractivity contribution in [1.82, 2.24) is 19.4 Å². The fourth-order valence-corrected chi connectivity index (χ4v) is 6.57. The molecule has 4 aromatic rings. The molecule has 0 radical (unpaired) electrons. The minimum atomic E-state index is -0.552. The van der Waals surface area contributed by atoms with E-state index in [1.807, 2.05) is 45.0 Å². The van der Waals surface area contributed by atoms with Crippen molar-refractivity contribution in [2.24, 2.45) is 0 Å². The Bertz CT molecular complexity index is 1770. The van der Waals surface area contributed by atoms with Crippen LogP contribution in [0.4, 0.5) is 5.82 Å². The maximum Gasteiger partial charge on any atom is 0.338 e. The van der Waals surface area contributed by atoms with Gasteiger partial charge in [0.25, 0.3) is 0 Å². The number of halogens is 1. The Hall–Kier alpha value is -3.72. The van der Waals surface area contributed by atoms with E-state index in [1.165, 1.54) is 16.7 Å². The number of carbonyl (C=O) groups excluding carboxylic acids is 1. The Morgan fingerprint density at radius 1 is 1.04 bits per heavy atom. The van der Waals surface area contributed by atoms with Crippen LogP contribution in [0.25, 0.3) is 16.6 Å². The maximum absolute atomic E-state index is 12.8. The fraction of sp³-hybridized carbons (Fsp3) is 0.417. The van der Waals surface area contributed by atoms with Gasteiger partial charge in [-0.2, -0.15) is 0 Å². The van der Waals surface area contributed by atoms with E-state index in [-0.39, 0.29) is 12.1 Å². The van der Waals surface area contributed by atoms with Gasteiger partial charge in [-0.05, 0) is 99.2 Å². The second-order valence-electron chi connectivity index (χ2n) is 13.3. The van der Waals surface area contributed by atoms with E-state index >= 15 is 0 Å². The normalized spacial score (nSPS) is 18.8. The van der Waals surface area contributed by atoms with Crippen molar-refractivity contribution in [1.29, 1.82) is 0 Å². The number of pyridine rings is 1. The lowest BCUT2D eigenvalue weighted by Crippen LogP contribution is -2.34. The fourth-order valence-electron chi connectivity index (χ4n) is 6.38. The molecule has 8 nitrogen and oxygen atoms in total. The first kappa shape index (κ1) is 30.0. The summed E-state index contributed by atoms with van der Waals surface area (Å²) in [4.78, 5) is 27.8. The molecular weight excluding hydrogens is 586 g/mol. The van der Waals surface area contributed by atoms with Crippen LogP contribution in [0.5, 0.6) is 0 Å². The smallest absolute Gasteiger partial charge is 0.338 e. The Balaban J connectivity index is 1.07. The summed E-state index contributed by atoms with van der Waals surface area (Å²) in [5.74, 6) is 1.69. The number of hydrogen-bond acceptors (Lipinski definition) is 7. The number of fused-ring (bicyclic) bond motifs is 2. The van der Waals surface area contributed by atoms with E-state index < -0.39 is 5.60 Å². The number of hydrogen-bond donors (Lipinski definition) is 0. The molecule has 2 aromatic carbocycles. The second-order valence-corrected chi connectivity index (χ2v) is 13.7. The number of carbonyl (C=O) groups is 1. The Morgan fingerprint density at radius 2 is 1.91 bits per heavy atom. The molecule has 5 heterocycles. The summed E-state index contributed by atoms with van der Waals surface area (Å²) in [5, 5.41) is 0.803. The lowest BCUT2D eigenvalue weighted by atomic mass is 9.99. The third kappa shape index (κ3) is 6.64. The van der Waals surface area contributed by atoms with E-state index in [0.717, 1.165) is 98.5 Å². The largest absolute Gasteiger partial charge is 0.456 e. The number of esters is 1. The number of imidazole rings is 1. The minimum Gasteiger partial charge on any atom is -0.456 e. The molecule has 0 saturated carbocycles. The van der Waals surface area contributed by atoms with Gasteiger partial charge < -0.3 is 18.9 Å². The topological polar surface area (TPSA) is 72.7 Å². The third-order valence-corrected chi connectivity index (χ3v) is 9.10. The molecule has 1 atom stereocenters. The highest BCUT2D eigenvalue weighted by atomic mass is 35.5. The van der Waals surface area contributed by atoms with E-state index in [4.69, 9.17) is 31.0 Å². The minimum absolute atomic E-state index is 0.170. The van der Waals surface area contributed by atoms with Gasteiger partial charge in [-0.1, -0.05) is 29.8 Å². The van der Waals surface area contributed by atoms with Crippen LogP contribution >= 0.6 is 11.6 Å². The summed E-state index contributed by atoms with van der Waals surface area (Å²) in [7, 11) is 0. The Kier molecular flexibility index (Phi) is 8.14. The van der Waals surface area contributed by atoms with Crippen molar-refractivity contribution in [3.63, 3.8) is 0 Å². The Morgan fingerprint density at radius 3 is 2.67 bits per heavy atom. The number of nitrogens with zero attached hydrogens (tertiary/aromatic N) is 5. The van der Waals surface area contributed by atoms with Crippen LogP contribution in [0, 0.1) is 0 Å². The molecule has 0 unspecified atom stereocenters. The van der Waals surface area contributed by atoms with Gasteiger partial charge in [0.2, 0.25) is 0 Å². The summed E-state index contributed by atoms with van der Waals surface area (Å²) >= 11 is 6.22. The molecule has 9 heteroatoms. The first-order valence-corrected chi connectivity index (χ1v) is 16.3. The van der Waals surface area contributed by atoms with Crippen LogP contribution in [0.3, 0.4) is 0 Å². The summed E-state index contributed by atoms with van der Waals surface area (Å²) in [6.45, 7) is 11.4. The number of benzene rings is 2. The second kappa shape index (κ2) is 12.2. The first-order valence-electron chi connectivity index (χ1n) is 15.9. The molecule has 7 rings (SSSR count). The monoisotopic (exact) mass is 625 g/mol.